The van der Waals surface area contributed by atoms with Crippen molar-refractivity contribution in [1.29, 1.82) is 0 Å². The van der Waals surface area contributed by atoms with E-state index in [1.54, 1.807) is 0 Å². The van der Waals surface area contributed by atoms with Crippen LogP contribution in [0.5, 0.6) is 0 Å². The number of hydrogen-bond donors (Lipinski definition) is 1. The zero-order chi connectivity index (χ0) is 15.6. The maximum atomic E-state index is 12.7. The van der Waals surface area contributed by atoms with Gasteiger partial charge in [-0.05, 0) is 18.2 Å². The molecule has 8 heteroatoms. The number of aldehydes is 1. The first-order valence-corrected chi connectivity index (χ1v) is 6.08. The Kier molecular flexibility index (Phi) is 4.17. The molecule has 1 aliphatic heterocycles. The number of anilines is 1. The van der Waals surface area contributed by atoms with Crippen LogP contribution in [0.4, 0.5) is 18.9 Å². The summed E-state index contributed by atoms with van der Waals surface area (Å²) in [6, 6.07) is 2.76. The van der Waals surface area contributed by atoms with E-state index in [0.29, 0.717) is 6.29 Å². The zero-order valence-electron chi connectivity index (χ0n) is 10.8. The maximum Gasteiger partial charge on any atom is 0.416 e. The summed E-state index contributed by atoms with van der Waals surface area (Å²) in [5, 5.41) is 8.91. The summed E-state index contributed by atoms with van der Waals surface area (Å²) in [6.07, 6.45) is -5.22. The fraction of sp³-hybridized carbons (Fsp3) is 0.385. The predicted molar refractivity (Wildman–Crippen MR) is 66.4 cm³/mol. The highest BCUT2D eigenvalue weighted by Crippen LogP contribution is 2.33. The largest absolute Gasteiger partial charge is 0.479 e. The number of carbonyl (C=O) groups is 2. The average molecular weight is 303 g/mol. The van der Waals surface area contributed by atoms with Gasteiger partial charge in [0.05, 0.1) is 18.7 Å². The molecule has 5 nitrogen and oxygen atoms in total. The zero-order valence-corrected chi connectivity index (χ0v) is 10.8. The fourth-order valence-corrected chi connectivity index (χ4v) is 2.11. The van der Waals surface area contributed by atoms with Gasteiger partial charge in [-0.2, -0.15) is 13.2 Å². The van der Waals surface area contributed by atoms with E-state index in [4.69, 9.17) is 9.84 Å². The lowest BCUT2D eigenvalue weighted by Gasteiger charge is -2.33. The minimum Gasteiger partial charge on any atom is -0.479 e. The molecule has 0 amide bonds. The van der Waals surface area contributed by atoms with E-state index in [1.807, 2.05) is 0 Å². The minimum absolute atomic E-state index is 0.0610. The molecule has 1 aromatic carbocycles. The number of nitrogens with zero attached hydrogens (tertiary/aromatic N) is 1. The topological polar surface area (TPSA) is 66.8 Å². The van der Waals surface area contributed by atoms with Gasteiger partial charge in [0, 0.05) is 17.8 Å². The van der Waals surface area contributed by atoms with E-state index in [2.05, 4.69) is 0 Å². The summed E-state index contributed by atoms with van der Waals surface area (Å²) >= 11 is 0. The van der Waals surface area contributed by atoms with Gasteiger partial charge in [0.15, 0.2) is 12.4 Å². The summed E-state index contributed by atoms with van der Waals surface area (Å²) in [4.78, 5) is 23.3. The second-order valence-electron chi connectivity index (χ2n) is 4.53. The molecule has 1 atom stereocenters. The standard InChI is InChI=1S/C13H12F3NO4/c14-13(15,16)9-2-1-8(7-18)10(5-9)17-3-4-21-11(6-17)12(19)20/h1-2,5,7,11H,3-4,6H2,(H,19,20). The molecular weight excluding hydrogens is 291 g/mol. The molecule has 1 heterocycles. The summed E-state index contributed by atoms with van der Waals surface area (Å²) in [6.45, 7) is 0.162. The predicted octanol–water partition coefficient (Wildman–Crippen LogP) is 1.81. The Morgan fingerprint density at radius 3 is 2.71 bits per heavy atom. The molecule has 0 aliphatic carbocycles. The van der Waals surface area contributed by atoms with E-state index in [-0.39, 0.29) is 30.9 Å². The van der Waals surface area contributed by atoms with Crippen molar-refractivity contribution in [2.24, 2.45) is 0 Å². The summed E-state index contributed by atoms with van der Waals surface area (Å²) in [5.74, 6) is -1.20. The molecule has 0 radical (unpaired) electrons. The molecule has 0 saturated carbocycles. The van der Waals surface area contributed by atoms with Gasteiger partial charge in [0.2, 0.25) is 0 Å². The highest BCUT2D eigenvalue weighted by molar-refractivity contribution is 5.85. The lowest BCUT2D eigenvalue weighted by molar-refractivity contribution is -0.151. The number of carbonyl (C=O) groups excluding carboxylic acids is 1. The number of aliphatic carboxylic acids is 1. The highest BCUT2D eigenvalue weighted by Gasteiger charge is 2.33. The number of rotatable bonds is 3. The molecule has 114 valence electrons. The van der Waals surface area contributed by atoms with Gasteiger partial charge in [-0.25, -0.2) is 4.79 Å². The lowest BCUT2D eigenvalue weighted by Crippen LogP contribution is -2.46. The first-order chi connectivity index (χ1) is 9.82. The molecule has 1 aliphatic rings. The molecule has 1 N–H and O–H groups in total. The molecule has 0 aromatic heterocycles. The number of benzene rings is 1. The Hall–Kier alpha value is -2.09. The third kappa shape index (κ3) is 3.33. The van der Waals surface area contributed by atoms with Crippen LogP contribution in [0.3, 0.4) is 0 Å². The number of alkyl halides is 3. The first-order valence-electron chi connectivity index (χ1n) is 6.08. The molecule has 1 unspecified atom stereocenters. The van der Waals surface area contributed by atoms with Crippen LogP contribution in [0.2, 0.25) is 0 Å². The van der Waals surface area contributed by atoms with Gasteiger partial charge in [-0.1, -0.05) is 0 Å². The summed E-state index contributed by atoms with van der Waals surface area (Å²) in [7, 11) is 0. The quantitative estimate of drug-likeness (QED) is 0.863. The lowest BCUT2D eigenvalue weighted by atomic mass is 10.1. The van der Waals surface area contributed by atoms with Gasteiger partial charge >= 0.3 is 12.1 Å². The van der Waals surface area contributed by atoms with E-state index in [0.717, 1.165) is 18.2 Å². The number of carboxylic acids is 1. The number of hydrogen-bond acceptors (Lipinski definition) is 4. The monoisotopic (exact) mass is 303 g/mol. The van der Waals surface area contributed by atoms with Crippen LogP contribution in [0.15, 0.2) is 18.2 Å². The van der Waals surface area contributed by atoms with Crippen molar-refractivity contribution < 1.29 is 32.6 Å². The van der Waals surface area contributed by atoms with E-state index >= 15 is 0 Å². The Bertz CT molecular complexity index is 559. The van der Waals surface area contributed by atoms with Crippen molar-refractivity contribution in [2.75, 3.05) is 24.6 Å². The van der Waals surface area contributed by atoms with Crippen LogP contribution >= 0.6 is 0 Å². The van der Waals surface area contributed by atoms with Gasteiger partial charge in [0.25, 0.3) is 0 Å². The second kappa shape index (κ2) is 5.72. The van der Waals surface area contributed by atoms with Crippen LogP contribution in [0.25, 0.3) is 0 Å². The Labute approximate surface area is 117 Å². The fourth-order valence-electron chi connectivity index (χ4n) is 2.11. The molecule has 21 heavy (non-hydrogen) atoms. The first kappa shape index (κ1) is 15.3. The molecular formula is C13H12F3NO4. The number of ether oxygens (including phenoxy) is 1. The molecule has 2 rings (SSSR count). The van der Waals surface area contributed by atoms with Crippen molar-refractivity contribution in [2.45, 2.75) is 12.3 Å². The van der Waals surface area contributed by atoms with Crippen LogP contribution in [-0.4, -0.2) is 43.2 Å². The van der Waals surface area contributed by atoms with Crippen LogP contribution in [0.1, 0.15) is 15.9 Å². The van der Waals surface area contributed by atoms with Crippen LogP contribution < -0.4 is 4.90 Å². The Morgan fingerprint density at radius 1 is 1.43 bits per heavy atom. The van der Waals surface area contributed by atoms with E-state index in [1.165, 1.54) is 4.90 Å². The molecule has 1 fully saturated rings. The van der Waals surface area contributed by atoms with Crippen molar-refractivity contribution in [3.63, 3.8) is 0 Å². The number of halogens is 3. The van der Waals surface area contributed by atoms with Gasteiger partial charge in [-0.3, -0.25) is 4.79 Å². The van der Waals surface area contributed by atoms with Gasteiger partial charge < -0.3 is 14.7 Å². The highest BCUT2D eigenvalue weighted by atomic mass is 19.4. The summed E-state index contributed by atoms with van der Waals surface area (Å²) in [5.41, 5.74) is -0.745. The number of carboxylic acid groups (broad SMARTS) is 1. The minimum atomic E-state index is -4.53. The maximum absolute atomic E-state index is 12.7. The smallest absolute Gasteiger partial charge is 0.416 e. The average Bonchev–Trinajstić information content (AvgIpc) is 2.45. The van der Waals surface area contributed by atoms with Crippen LogP contribution in [0, 0.1) is 0 Å². The van der Waals surface area contributed by atoms with E-state index < -0.39 is 23.8 Å². The third-order valence-electron chi connectivity index (χ3n) is 3.17. The number of morpholine rings is 1. The van der Waals surface area contributed by atoms with E-state index in [9.17, 15) is 22.8 Å². The van der Waals surface area contributed by atoms with Crippen molar-refractivity contribution in [3.8, 4) is 0 Å². The Morgan fingerprint density at radius 2 is 2.14 bits per heavy atom. The molecule has 1 saturated heterocycles. The van der Waals surface area contributed by atoms with Crippen molar-refractivity contribution in [3.05, 3.63) is 29.3 Å². The molecule has 0 spiro atoms. The van der Waals surface area contributed by atoms with Crippen LogP contribution in [-0.2, 0) is 15.7 Å². The second-order valence-corrected chi connectivity index (χ2v) is 4.53. The third-order valence-corrected chi connectivity index (χ3v) is 3.17. The summed E-state index contributed by atoms with van der Waals surface area (Å²) < 4.78 is 43.3. The SMILES string of the molecule is O=Cc1ccc(C(F)(F)F)cc1N1CCOC(C(=O)O)C1. The molecule has 0 bridgehead atoms. The van der Waals surface area contributed by atoms with Gasteiger partial charge in [-0.15, -0.1) is 0 Å². The normalized spacial score (nSPS) is 19.4. The van der Waals surface area contributed by atoms with Crippen molar-refractivity contribution >= 4 is 17.9 Å². The Balaban J connectivity index is 2.36. The molecule has 1 aromatic rings. The van der Waals surface area contributed by atoms with Gasteiger partial charge in [0.1, 0.15) is 0 Å². The van der Waals surface area contributed by atoms with Crippen molar-refractivity contribution in [1.82, 2.24) is 0 Å².